The molecule has 0 fully saturated rings. The number of halogens is 3. The summed E-state index contributed by atoms with van der Waals surface area (Å²) in [6, 6.07) is 0. The first-order valence-corrected chi connectivity index (χ1v) is 8.89. The summed E-state index contributed by atoms with van der Waals surface area (Å²) in [7, 11) is -3.93. The van der Waals surface area contributed by atoms with Crippen LogP contribution in [-0.4, -0.2) is 47.0 Å². The molecule has 136 valence electrons. The molecule has 7 nitrogen and oxygen atoms in total. The second kappa shape index (κ2) is 5.64. The quantitative estimate of drug-likeness (QED) is 0.797. The van der Waals surface area contributed by atoms with E-state index in [2.05, 4.69) is 4.98 Å². The van der Waals surface area contributed by atoms with E-state index in [1.54, 1.807) is 20.8 Å². The van der Waals surface area contributed by atoms with E-state index in [1.807, 2.05) is 0 Å². The molecule has 1 amide bonds. The van der Waals surface area contributed by atoms with E-state index in [1.165, 1.54) is 4.90 Å². The maximum atomic E-state index is 12.8. The fourth-order valence-electron chi connectivity index (χ4n) is 2.31. The summed E-state index contributed by atoms with van der Waals surface area (Å²) >= 11 is 0. The third-order valence-corrected chi connectivity index (χ3v) is 4.10. The monoisotopic (exact) mass is 369 g/mol. The lowest BCUT2D eigenvalue weighted by molar-refractivity contribution is -0.142. The smallest absolute Gasteiger partial charge is 0.410 e. The summed E-state index contributed by atoms with van der Waals surface area (Å²) < 4.78 is 67.5. The zero-order valence-electron chi connectivity index (χ0n) is 13.6. The fourth-order valence-corrected chi connectivity index (χ4v) is 3.16. The van der Waals surface area contributed by atoms with E-state index in [-0.39, 0.29) is 24.5 Å². The van der Waals surface area contributed by atoms with Crippen LogP contribution in [0.15, 0.2) is 5.16 Å². The Morgan fingerprint density at radius 1 is 1.25 bits per heavy atom. The molecule has 1 aromatic rings. The van der Waals surface area contributed by atoms with Crippen LogP contribution in [0.2, 0.25) is 0 Å². The van der Waals surface area contributed by atoms with Gasteiger partial charge in [-0.25, -0.2) is 18.2 Å². The Morgan fingerprint density at radius 2 is 1.83 bits per heavy atom. The summed E-state index contributed by atoms with van der Waals surface area (Å²) in [4.78, 5) is 17.0. The van der Waals surface area contributed by atoms with Crippen molar-refractivity contribution in [2.45, 2.75) is 57.3 Å². The largest absolute Gasteiger partial charge is 0.444 e. The van der Waals surface area contributed by atoms with E-state index >= 15 is 0 Å². The topological polar surface area (TPSA) is 81.5 Å². The molecule has 0 aromatic carbocycles. The molecule has 0 unspecified atom stereocenters. The van der Waals surface area contributed by atoms with Gasteiger partial charge < -0.3 is 9.30 Å². The van der Waals surface area contributed by atoms with Gasteiger partial charge in [0, 0.05) is 6.26 Å². The number of hydrogen-bond donors (Lipinski definition) is 0. The van der Waals surface area contributed by atoms with Gasteiger partial charge in [-0.05, 0) is 20.8 Å². The lowest BCUT2D eigenvalue weighted by atomic mass is 10.2. The summed E-state index contributed by atoms with van der Waals surface area (Å²) in [6.07, 6.45) is -4.52. The minimum Gasteiger partial charge on any atom is -0.444 e. The molecule has 2 heterocycles. The van der Waals surface area contributed by atoms with E-state index in [0.717, 1.165) is 6.26 Å². The molecule has 2 rings (SSSR count). The van der Waals surface area contributed by atoms with Crippen molar-refractivity contribution in [2.24, 2.45) is 0 Å². The number of carbonyl (C=O) groups is 1. The van der Waals surface area contributed by atoms with Crippen LogP contribution in [0.1, 0.15) is 32.2 Å². The summed E-state index contributed by atoms with van der Waals surface area (Å²) in [5.74, 6) is 0. The third-order valence-electron chi connectivity index (χ3n) is 3.12. The third kappa shape index (κ3) is 4.19. The maximum Gasteiger partial charge on any atom is 0.410 e. The SMILES string of the molecule is CC(C)(C)OC(=O)N1Cc2nc(S(C)(=O)=O)n(CC(F)(F)F)c2C1. The number of sulfone groups is 1. The first-order valence-electron chi connectivity index (χ1n) is 7.00. The van der Waals surface area contributed by atoms with Gasteiger partial charge >= 0.3 is 12.3 Å². The number of rotatable bonds is 2. The van der Waals surface area contributed by atoms with Gasteiger partial charge in [-0.3, -0.25) is 4.90 Å². The highest BCUT2D eigenvalue weighted by atomic mass is 32.2. The lowest BCUT2D eigenvalue weighted by Gasteiger charge is -2.24. The molecule has 1 aromatic heterocycles. The molecule has 0 radical (unpaired) electrons. The molecule has 0 bridgehead atoms. The molecule has 1 aliphatic rings. The number of fused-ring (bicyclic) bond motifs is 1. The number of aromatic nitrogens is 2. The molecule has 1 aliphatic heterocycles. The summed E-state index contributed by atoms with van der Waals surface area (Å²) in [5, 5.41) is -0.645. The van der Waals surface area contributed by atoms with Crippen LogP contribution in [0.25, 0.3) is 0 Å². The molecular formula is C13H18F3N3O4S. The van der Waals surface area contributed by atoms with Crippen molar-refractivity contribution in [3.05, 3.63) is 11.4 Å². The fraction of sp³-hybridized carbons (Fsp3) is 0.692. The number of amides is 1. The molecule has 0 atom stereocenters. The Labute approximate surface area is 137 Å². The number of hydrogen-bond acceptors (Lipinski definition) is 5. The molecule has 11 heteroatoms. The van der Waals surface area contributed by atoms with Gasteiger partial charge in [-0.2, -0.15) is 13.2 Å². The minimum atomic E-state index is -4.62. The Bertz CT molecular complexity index is 763. The average molecular weight is 369 g/mol. The van der Waals surface area contributed by atoms with Crippen LogP contribution in [0, 0.1) is 0 Å². The van der Waals surface area contributed by atoms with Crippen LogP contribution in [0.3, 0.4) is 0 Å². The predicted molar refractivity (Wildman–Crippen MR) is 76.9 cm³/mol. The van der Waals surface area contributed by atoms with Gasteiger partial charge in [-0.15, -0.1) is 0 Å². The first kappa shape index (κ1) is 18.6. The zero-order valence-corrected chi connectivity index (χ0v) is 14.5. The molecule has 0 saturated carbocycles. The van der Waals surface area contributed by atoms with Gasteiger partial charge in [0.1, 0.15) is 12.1 Å². The Hall–Kier alpha value is -1.78. The number of ether oxygens (including phenoxy) is 1. The number of alkyl halides is 3. The second-order valence-corrected chi connectivity index (χ2v) is 8.51. The molecule has 0 N–H and O–H groups in total. The van der Waals surface area contributed by atoms with Crippen molar-refractivity contribution >= 4 is 15.9 Å². The van der Waals surface area contributed by atoms with E-state index in [9.17, 15) is 26.4 Å². The van der Waals surface area contributed by atoms with Crippen LogP contribution < -0.4 is 0 Å². The normalized spacial score (nSPS) is 15.5. The first-order chi connectivity index (χ1) is 10.7. The van der Waals surface area contributed by atoms with Gasteiger partial charge in [0.15, 0.2) is 0 Å². The van der Waals surface area contributed by atoms with Crippen LogP contribution in [-0.2, 0) is 34.2 Å². The lowest BCUT2D eigenvalue weighted by Crippen LogP contribution is -2.34. The van der Waals surface area contributed by atoms with E-state index in [0.29, 0.717) is 4.57 Å². The molecular weight excluding hydrogens is 351 g/mol. The Balaban J connectivity index is 2.34. The number of nitrogens with zero attached hydrogens (tertiary/aromatic N) is 3. The van der Waals surface area contributed by atoms with Crippen molar-refractivity contribution in [1.29, 1.82) is 0 Å². The van der Waals surface area contributed by atoms with E-state index in [4.69, 9.17) is 4.74 Å². The van der Waals surface area contributed by atoms with Gasteiger partial charge in [0.25, 0.3) is 0 Å². The van der Waals surface area contributed by atoms with Crippen LogP contribution >= 0.6 is 0 Å². The number of imidazole rings is 1. The van der Waals surface area contributed by atoms with Crippen molar-refractivity contribution in [3.8, 4) is 0 Å². The van der Waals surface area contributed by atoms with Crippen molar-refractivity contribution in [1.82, 2.24) is 14.5 Å². The zero-order chi connectivity index (χ0) is 18.5. The van der Waals surface area contributed by atoms with Crippen LogP contribution in [0.4, 0.5) is 18.0 Å². The Kier molecular flexibility index (Phi) is 4.36. The predicted octanol–water partition coefficient (Wildman–Crippen LogP) is 2.10. The van der Waals surface area contributed by atoms with Gasteiger partial charge in [-0.1, -0.05) is 0 Å². The van der Waals surface area contributed by atoms with Gasteiger partial charge in [0.05, 0.1) is 24.5 Å². The standard InChI is InChI=1S/C13H18F3N3O4S/c1-12(2,3)23-11(20)18-5-8-9(6-18)19(7-13(14,15)16)10(17-8)24(4,21)22/h5-7H2,1-4H3. The van der Waals surface area contributed by atoms with Crippen molar-refractivity contribution in [3.63, 3.8) is 0 Å². The Morgan fingerprint density at radius 3 is 2.29 bits per heavy atom. The van der Waals surface area contributed by atoms with E-state index < -0.39 is 39.4 Å². The molecule has 24 heavy (non-hydrogen) atoms. The summed E-state index contributed by atoms with van der Waals surface area (Å²) in [6.45, 7) is 3.22. The molecule has 0 saturated heterocycles. The van der Waals surface area contributed by atoms with Crippen LogP contribution in [0.5, 0.6) is 0 Å². The molecule has 0 spiro atoms. The highest BCUT2D eigenvalue weighted by molar-refractivity contribution is 7.90. The molecule has 0 aliphatic carbocycles. The second-order valence-electron chi connectivity index (χ2n) is 6.60. The summed E-state index contributed by atoms with van der Waals surface area (Å²) in [5.41, 5.74) is -0.569. The van der Waals surface area contributed by atoms with Crippen molar-refractivity contribution in [2.75, 3.05) is 6.26 Å². The number of carbonyl (C=O) groups excluding carboxylic acids is 1. The minimum absolute atomic E-state index is 0.0543. The van der Waals surface area contributed by atoms with Gasteiger partial charge in [0.2, 0.25) is 15.0 Å². The maximum absolute atomic E-state index is 12.8. The highest BCUT2D eigenvalue weighted by Gasteiger charge is 2.38. The van der Waals surface area contributed by atoms with Crippen molar-refractivity contribution < 1.29 is 31.1 Å². The highest BCUT2D eigenvalue weighted by Crippen LogP contribution is 2.30. The average Bonchev–Trinajstić information content (AvgIpc) is 2.83.